The minimum absolute atomic E-state index is 0.0648. The van der Waals surface area contributed by atoms with Gasteiger partial charge in [0.25, 0.3) is 5.43 Å². The van der Waals surface area contributed by atoms with Gasteiger partial charge in [0.2, 0.25) is 0 Å². The van der Waals surface area contributed by atoms with Crippen LogP contribution in [0.3, 0.4) is 0 Å². The van der Waals surface area contributed by atoms with Gasteiger partial charge in [0.05, 0.1) is 12.8 Å². The van der Waals surface area contributed by atoms with Crippen LogP contribution in [-0.4, -0.2) is 18.5 Å². The lowest BCUT2D eigenvalue weighted by Crippen LogP contribution is -2.23. The van der Waals surface area contributed by atoms with Crippen molar-refractivity contribution in [2.75, 3.05) is 7.11 Å². The minimum atomic E-state index is -4.93. The highest BCUT2D eigenvalue weighted by molar-refractivity contribution is 5.35. The summed E-state index contributed by atoms with van der Waals surface area (Å²) in [7, 11) is 1.15. The Bertz CT molecular complexity index is 428. The number of H-pyrrole nitrogens is 1. The molecule has 0 aliphatic carbocycles. The number of ether oxygens (including phenoxy) is 2. The minimum Gasteiger partial charge on any atom is -0.491 e. The second-order valence-electron chi connectivity index (χ2n) is 2.75. The summed E-state index contributed by atoms with van der Waals surface area (Å²) in [6.07, 6.45) is -4.14. The van der Waals surface area contributed by atoms with Gasteiger partial charge in [-0.15, -0.1) is 13.2 Å². The van der Waals surface area contributed by atoms with Gasteiger partial charge in [-0.3, -0.25) is 4.79 Å². The van der Waals surface area contributed by atoms with Gasteiger partial charge in [0.15, 0.2) is 11.5 Å². The van der Waals surface area contributed by atoms with Crippen LogP contribution >= 0.6 is 0 Å². The number of aromatic nitrogens is 1. The second-order valence-corrected chi connectivity index (χ2v) is 2.75. The summed E-state index contributed by atoms with van der Waals surface area (Å²) < 4.78 is 43.9. The Morgan fingerprint density at radius 1 is 1.50 bits per heavy atom. The third kappa shape index (κ3) is 2.66. The van der Waals surface area contributed by atoms with Gasteiger partial charge in [-0.1, -0.05) is 0 Å². The van der Waals surface area contributed by atoms with Gasteiger partial charge >= 0.3 is 6.36 Å². The predicted molar refractivity (Wildman–Crippen MR) is 48.2 cm³/mol. The van der Waals surface area contributed by atoms with Crippen molar-refractivity contribution in [1.82, 2.24) is 4.98 Å². The van der Waals surface area contributed by atoms with Crippen LogP contribution in [-0.2, 0) is 6.54 Å². The van der Waals surface area contributed by atoms with Crippen LogP contribution in [0.4, 0.5) is 13.2 Å². The molecule has 1 rings (SSSR count). The van der Waals surface area contributed by atoms with E-state index >= 15 is 0 Å². The Morgan fingerprint density at radius 2 is 2.12 bits per heavy atom. The number of halogens is 3. The SMILES string of the molecule is COc1c(CN)[nH]cc(OC(F)(F)F)c1=O. The fraction of sp³-hybridized carbons (Fsp3) is 0.375. The zero-order chi connectivity index (χ0) is 12.3. The van der Waals surface area contributed by atoms with Gasteiger partial charge in [0, 0.05) is 12.7 Å². The average Bonchev–Trinajstić information content (AvgIpc) is 2.19. The summed E-state index contributed by atoms with van der Waals surface area (Å²) in [5.41, 5.74) is 4.45. The zero-order valence-electron chi connectivity index (χ0n) is 8.22. The number of hydrogen-bond acceptors (Lipinski definition) is 4. The maximum atomic E-state index is 11.9. The fourth-order valence-corrected chi connectivity index (χ4v) is 1.10. The zero-order valence-corrected chi connectivity index (χ0v) is 8.22. The van der Waals surface area contributed by atoms with Gasteiger partial charge in [-0.25, -0.2) is 0 Å². The summed E-state index contributed by atoms with van der Waals surface area (Å²) in [6, 6.07) is 0. The first-order valence-corrected chi connectivity index (χ1v) is 4.13. The summed E-state index contributed by atoms with van der Waals surface area (Å²) >= 11 is 0. The molecule has 1 aromatic heterocycles. The molecule has 0 fully saturated rings. The highest BCUT2D eigenvalue weighted by Crippen LogP contribution is 2.21. The Hall–Kier alpha value is -1.70. The molecule has 1 heterocycles. The monoisotopic (exact) mass is 238 g/mol. The lowest BCUT2D eigenvalue weighted by molar-refractivity contribution is -0.275. The number of hydrogen-bond donors (Lipinski definition) is 2. The molecule has 0 aliphatic rings. The third-order valence-corrected chi connectivity index (χ3v) is 1.72. The highest BCUT2D eigenvalue weighted by atomic mass is 19.4. The number of nitrogens with one attached hydrogen (secondary N) is 1. The lowest BCUT2D eigenvalue weighted by atomic mass is 10.3. The molecule has 0 unspecified atom stereocenters. The van der Waals surface area contributed by atoms with Crippen molar-refractivity contribution in [3.63, 3.8) is 0 Å². The number of nitrogens with two attached hydrogens (primary N) is 1. The van der Waals surface area contributed by atoms with Crippen molar-refractivity contribution in [1.29, 1.82) is 0 Å². The molecule has 0 saturated heterocycles. The molecular weight excluding hydrogens is 229 g/mol. The van der Waals surface area contributed by atoms with Crippen LogP contribution in [0.2, 0.25) is 0 Å². The van der Waals surface area contributed by atoms with Crippen LogP contribution < -0.4 is 20.6 Å². The third-order valence-electron chi connectivity index (χ3n) is 1.72. The Kier molecular flexibility index (Phi) is 3.43. The van der Waals surface area contributed by atoms with E-state index in [4.69, 9.17) is 5.73 Å². The molecular formula is C8H9F3N2O3. The molecule has 0 spiro atoms. The maximum absolute atomic E-state index is 11.9. The van der Waals surface area contributed by atoms with Gasteiger partial charge in [-0.2, -0.15) is 0 Å². The van der Waals surface area contributed by atoms with Crippen molar-refractivity contribution >= 4 is 0 Å². The molecule has 8 heteroatoms. The quantitative estimate of drug-likeness (QED) is 0.814. The molecule has 3 N–H and O–H groups in total. The normalized spacial score (nSPS) is 11.3. The number of pyridine rings is 1. The Morgan fingerprint density at radius 3 is 2.56 bits per heavy atom. The van der Waals surface area contributed by atoms with Gasteiger partial charge in [0.1, 0.15) is 0 Å². The molecule has 90 valence electrons. The molecule has 0 aliphatic heterocycles. The summed E-state index contributed by atoms with van der Waals surface area (Å²) in [5.74, 6) is -1.18. The molecule has 0 aromatic carbocycles. The van der Waals surface area contributed by atoms with Crippen molar-refractivity contribution in [3.05, 3.63) is 22.1 Å². The van der Waals surface area contributed by atoms with E-state index in [0.717, 1.165) is 13.3 Å². The molecule has 5 nitrogen and oxygen atoms in total. The van der Waals surface area contributed by atoms with Gasteiger partial charge in [-0.05, 0) is 0 Å². The molecule has 0 bridgehead atoms. The van der Waals surface area contributed by atoms with E-state index < -0.39 is 17.5 Å². The Labute approximate surface area is 88.0 Å². The molecule has 0 atom stereocenters. The first-order chi connectivity index (χ1) is 7.39. The van der Waals surface area contributed by atoms with Crippen LogP contribution in [0.25, 0.3) is 0 Å². The maximum Gasteiger partial charge on any atom is 0.573 e. The van der Waals surface area contributed by atoms with Crippen LogP contribution in [0, 0.1) is 0 Å². The van der Waals surface area contributed by atoms with Crippen molar-refractivity contribution in [3.8, 4) is 11.5 Å². The smallest absolute Gasteiger partial charge is 0.491 e. The summed E-state index contributed by atoms with van der Waals surface area (Å²) in [6.45, 7) is -0.0648. The molecule has 0 radical (unpaired) electrons. The van der Waals surface area contributed by atoms with E-state index in [1.807, 2.05) is 0 Å². The van der Waals surface area contributed by atoms with Crippen LogP contribution in [0.1, 0.15) is 5.69 Å². The van der Waals surface area contributed by atoms with E-state index in [-0.39, 0.29) is 18.0 Å². The largest absolute Gasteiger partial charge is 0.573 e. The lowest BCUT2D eigenvalue weighted by Gasteiger charge is -2.11. The molecule has 0 amide bonds. The Balaban J connectivity index is 3.20. The van der Waals surface area contributed by atoms with Gasteiger partial charge < -0.3 is 20.2 Å². The van der Waals surface area contributed by atoms with Crippen molar-refractivity contribution < 1.29 is 22.6 Å². The van der Waals surface area contributed by atoms with Crippen molar-refractivity contribution in [2.45, 2.75) is 12.9 Å². The van der Waals surface area contributed by atoms with E-state index in [1.165, 1.54) is 0 Å². The fourth-order valence-electron chi connectivity index (χ4n) is 1.10. The van der Waals surface area contributed by atoms with Crippen LogP contribution in [0.5, 0.6) is 11.5 Å². The number of methoxy groups -OCH3 is 1. The predicted octanol–water partition coefficient (Wildman–Crippen LogP) is 0.741. The molecule has 1 aromatic rings. The van der Waals surface area contributed by atoms with E-state index in [9.17, 15) is 18.0 Å². The summed E-state index contributed by atoms with van der Waals surface area (Å²) in [5, 5.41) is 0. The number of rotatable bonds is 3. The van der Waals surface area contributed by atoms with E-state index in [2.05, 4.69) is 14.5 Å². The first kappa shape index (κ1) is 12.4. The molecule has 0 saturated carbocycles. The number of aromatic amines is 1. The second kappa shape index (κ2) is 4.44. The topological polar surface area (TPSA) is 77.3 Å². The van der Waals surface area contributed by atoms with Crippen molar-refractivity contribution in [2.24, 2.45) is 5.73 Å². The molecule has 16 heavy (non-hydrogen) atoms. The highest BCUT2D eigenvalue weighted by Gasteiger charge is 2.33. The standard InChI is InChI=1S/C8H9F3N2O3/c1-15-7-4(2-12)13-3-5(6(7)14)16-8(9,10)11/h3H,2,12H2,1H3,(H,13,14). The summed E-state index contributed by atoms with van der Waals surface area (Å²) in [4.78, 5) is 13.8. The van der Waals surface area contributed by atoms with E-state index in [0.29, 0.717) is 0 Å². The average molecular weight is 238 g/mol. The first-order valence-electron chi connectivity index (χ1n) is 4.13. The van der Waals surface area contributed by atoms with E-state index in [1.54, 1.807) is 0 Å². The number of alkyl halides is 3. The van der Waals surface area contributed by atoms with Crippen LogP contribution in [0.15, 0.2) is 11.0 Å².